The van der Waals surface area contributed by atoms with Crippen LogP contribution in [0.5, 0.6) is 0 Å². The fourth-order valence-corrected chi connectivity index (χ4v) is 9.06. The molecule has 486 valence electrons. The number of rotatable bonds is 60. The number of carbonyl (C=O) groups excluding carboxylic acids is 2. The van der Waals surface area contributed by atoms with Crippen LogP contribution in [0.15, 0.2) is 207 Å². The molecule has 0 aromatic heterocycles. The van der Waals surface area contributed by atoms with E-state index in [9.17, 15) is 19.0 Å². The molecular formula is C77H120NO8P. The predicted octanol–water partition coefficient (Wildman–Crippen LogP) is 22.3. The number of hydrogen-bond acceptors (Lipinski definition) is 8. The van der Waals surface area contributed by atoms with E-state index in [1.807, 2.05) is 0 Å². The van der Waals surface area contributed by atoms with Gasteiger partial charge in [0.05, 0.1) is 13.2 Å². The predicted molar refractivity (Wildman–Crippen MR) is 375 cm³/mol. The summed E-state index contributed by atoms with van der Waals surface area (Å²) in [5, 5.41) is 0. The molecule has 0 amide bonds. The molecule has 10 heteroatoms. The smallest absolute Gasteiger partial charge is 0.462 e. The zero-order chi connectivity index (χ0) is 63.0. The lowest BCUT2D eigenvalue weighted by Crippen LogP contribution is -2.29. The standard InChI is InChI=1S/C77H120NO8P/c1-3-5-7-9-11-13-15-17-19-21-23-25-27-29-31-32-33-34-35-36-37-38-39-40-41-42-44-46-48-50-52-54-56-58-60-62-64-66-68-70-77(80)86-75(74-85-87(81,82)84-72-71-78)73-83-76(79)69-67-65-63-61-59-57-55-53-51-49-47-45-43-30-28-26-24-22-20-18-16-14-12-10-8-6-4-2/h5-8,11-14,17-20,23-26,29-31,33-34,36-37,39-40,42-44,48,50,54,56,60,62,75H,3-4,9-10,15-16,21-22,27-28,32,35,38,41,45-47,49,51-53,55,57-59,61,63-74,78H2,1-2H3,(H,81,82)/b7-5-,8-6-,13-11-,14-12-,19-17-,20-18-,25-23-,26-24-,31-29-,34-33-,37-36-,40-39-,43-30-,44-42-,50-48-,56-54-,62-60-. The van der Waals surface area contributed by atoms with Crippen molar-refractivity contribution in [1.82, 2.24) is 0 Å². The van der Waals surface area contributed by atoms with Crippen molar-refractivity contribution < 1.29 is 37.6 Å². The topological polar surface area (TPSA) is 134 Å². The maximum Gasteiger partial charge on any atom is 0.472 e. The molecule has 0 spiro atoms. The third kappa shape index (κ3) is 69.6. The highest BCUT2D eigenvalue weighted by molar-refractivity contribution is 7.47. The average molecular weight is 1220 g/mol. The van der Waals surface area contributed by atoms with Crippen LogP contribution in [0.2, 0.25) is 0 Å². The Morgan fingerprint density at radius 1 is 0.345 bits per heavy atom. The fraction of sp³-hybridized carbons (Fsp3) is 0.532. The minimum Gasteiger partial charge on any atom is -0.462 e. The number of allylic oxidation sites excluding steroid dienone is 34. The largest absolute Gasteiger partial charge is 0.472 e. The second-order valence-corrected chi connectivity index (χ2v) is 22.7. The second-order valence-electron chi connectivity index (χ2n) is 21.2. The molecule has 0 aromatic rings. The Hall–Kier alpha value is -5.41. The summed E-state index contributed by atoms with van der Waals surface area (Å²) in [5.74, 6) is -0.898. The first kappa shape index (κ1) is 81.6. The summed E-state index contributed by atoms with van der Waals surface area (Å²) >= 11 is 0. The van der Waals surface area contributed by atoms with Gasteiger partial charge in [-0.2, -0.15) is 0 Å². The van der Waals surface area contributed by atoms with E-state index in [-0.39, 0.29) is 32.6 Å². The Bertz CT molecular complexity index is 2180. The lowest BCUT2D eigenvalue weighted by atomic mass is 10.0. The number of phosphoric ester groups is 1. The molecule has 0 fully saturated rings. The van der Waals surface area contributed by atoms with Gasteiger partial charge in [0.1, 0.15) is 6.61 Å². The van der Waals surface area contributed by atoms with Gasteiger partial charge < -0.3 is 20.1 Å². The molecule has 9 nitrogen and oxygen atoms in total. The summed E-state index contributed by atoms with van der Waals surface area (Å²) in [6.07, 6.45) is 108. The number of carbonyl (C=O) groups is 2. The van der Waals surface area contributed by atoms with Gasteiger partial charge in [-0.25, -0.2) is 4.57 Å². The molecule has 0 bridgehead atoms. The Morgan fingerprint density at radius 3 is 0.908 bits per heavy atom. The first-order chi connectivity index (χ1) is 42.8. The monoisotopic (exact) mass is 1220 g/mol. The highest BCUT2D eigenvalue weighted by Gasteiger charge is 2.26. The van der Waals surface area contributed by atoms with Crippen molar-refractivity contribution in [2.75, 3.05) is 26.4 Å². The van der Waals surface area contributed by atoms with Crippen molar-refractivity contribution in [3.8, 4) is 0 Å². The van der Waals surface area contributed by atoms with Gasteiger partial charge in [0, 0.05) is 19.4 Å². The van der Waals surface area contributed by atoms with Crippen LogP contribution in [0.4, 0.5) is 0 Å². The zero-order valence-corrected chi connectivity index (χ0v) is 55.3. The summed E-state index contributed by atoms with van der Waals surface area (Å²) < 4.78 is 33.1. The molecule has 0 saturated carbocycles. The highest BCUT2D eigenvalue weighted by atomic mass is 31.2. The lowest BCUT2D eigenvalue weighted by Gasteiger charge is -2.19. The fourth-order valence-electron chi connectivity index (χ4n) is 8.29. The third-order valence-electron chi connectivity index (χ3n) is 13.2. The minimum atomic E-state index is -4.42. The van der Waals surface area contributed by atoms with Gasteiger partial charge in [0.2, 0.25) is 0 Å². The van der Waals surface area contributed by atoms with Crippen molar-refractivity contribution in [2.45, 2.75) is 238 Å². The first-order valence-corrected chi connectivity index (χ1v) is 35.1. The number of ether oxygens (including phenoxy) is 2. The van der Waals surface area contributed by atoms with Crippen molar-refractivity contribution in [3.63, 3.8) is 0 Å². The quantitative estimate of drug-likeness (QED) is 0.0264. The van der Waals surface area contributed by atoms with Gasteiger partial charge in [0.25, 0.3) is 0 Å². The van der Waals surface area contributed by atoms with Crippen molar-refractivity contribution >= 4 is 19.8 Å². The number of hydrogen-bond donors (Lipinski definition) is 2. The number of esters is 2. The van der Waals surface area contributed by atoms with Crippen molar-refractivity contribution in [1.29, 1.82) is 0 Å². The van der Waals surface area contributed by atoms with Crippen LogP contribution in [0.3, 0.4) is 0 Å². The van der Waals surface area contributed by atoms with Gasteiger partial charge in [-0.15, -0.1) is 0 Å². The average Bonchev–Trinajstić information content (AvgIpc) is 3.64. The Morgan fingerprint density at radius 2 is 0.598 bits per heavy atom. The van der Waals surface area contributed by atoms with E-state index in [0.29, 0.717) is 12.8 Å². The molecule has 0 saturated heterocycles. The first-order valence-electron chi connectivity index (χ1n) is 33.6. The minimum absolute atomic E-state index is 0.0345. The molecular weight excluding hydrogens is 1100 g/mol. The zero-order valence-electron chi connectivity index (χ0n) is 54.4. The van der Waals surface area contributed by atoms with E-state index in [0.717, 1.165) is 148 Å². The Labute approximate surface area is 531 Å². The van der Waals surface area contributed by atoms with E-state index in [1.54, 1.807) is 0 Å². The van der Waals surface area contributed by atoms with E-state index >= 15 is 0 Å². The van der Waals surface area contributed by atoms with Gasteiger partial charge in [-0.1, -0.05) is 278 Å². The molecule has 0 aliphatic heterocycles. The summed E-state index contributed by atoms with van der Waals surface area (Å²) in [6.45, 7) is 3.44. The van der Waals surface area contributed by atoms with Crippen LogP contribution < -0.4 is 5.73 Å². The van der Waals surface area contributed by atoms with E-state index in [4.69, 9.17) is 24.3 Å². The maximum atomic E-state index is 12.7. The van der Waals surface area contributed by atoms with Crippen molar-refractivity contribution in [2.24, 2.45) is 5.73 Å². The van der Waals surface area contributed by atoms with E-state index < -0.39 is 32.5 Å². The normalized spacial score (nSPS) is 14.3. The maximum absolute atomic E-state index is 12.7. The second kappa shape index (κ2) is 69.7. The van der Waals surface area contributed by atoms with Gasteiger partial charge in [0.15, 0.2) is 6.10 Å². The molecule has 0 rings (SSSR count). The SMILES string of the molecule is CC/C=C\C/C=C\C/C=C\C/C=C\C/C=C\C/C=C\C/C=C\C/C=C\C/C=C\C/C=C\C/C=C\C/C=C\CCCCC(=O)OC(COC(=O)CCCCCCCCCCCCC/C=C\C/C=C\C/C=C\C/C=C\C/C=C\CC)COP(=O)(O)OCCN. The number of unbranched alkanes of at least 4 members (excludes halogenated alkanes) is 13. The molecule has 2 atom stereocenters. The van der Waals surface area contributed by atoms with Crippen LogP contribution in [-0.2, 0) is 32.7 Å². The van der Waals surface area contributed by atoms with Crippen LogP contribution in [0, 0.1) is 0 Å². The molecule has 0 aromatic carbocycles. The summed E-state index contributed by atoms with van der Waals surface area (Å²) in [5.41, 5.74) is 5.39. The molecule has 87 heavy (non-hydrogen) atoms. The molecule has 0 radical (unpaired) electrons. The van der Waals surface area contributed by atoms with Crippen LogP contribution >= 0.6 is 7.82 Å². The van der Waals surface area contributed by atoms with E-state index in [2.05, 4.69) is 220 Å². The van der Waals surface area contributed by atoms with Crippen LogP contribution in [0.25, 0.3) is 0 Å². The van der Waals surface area contributed by atoms with E-state index in [1.165, 1.54) is 44.9 Å². The van der Waals surface area contributed by atoms with Crippen molar-refractivity contribution in [3.05, 3.63) is 207 Å². The highest BCUT2D eigenvalue weighted by Crippen LogP contribution is 2.43. The molecule has 0 aliphatic rings. The van der Waals surface area contributed by atoms with Gasteiger partial charge in [-0.05, 0) is 148 Å². The van der Waals surface area contributed by atoms with Crippen LogP contribution in [0.1, 0.15) is 232 Å². The lowest BCUT2D eigenvalue weighted by molar-refractivity contribution is -0.161. The Balaban J connectivity index is 4.09. The summed E-state index contributed by atoms with van der Waals surface area (Å²) in [7, 11) is -4.42. The summed E-state index contributed by atoms with van der Waals surface area (Å²) in [6, 6.07) is 0. The number of nitrogens with two attached hydrogens (primary N) is 1. The van der Waals surface area contributed by atoms with Crippen LogP contribution in [-0.4, -0.2) is 49.3 Å². The Kier molecular flexibility index (Phi) is 65.4. The van der Waals surface area contributed by atoms with Gasteiger partial charge in [-0.3, -0.25) is 18.6 Å². The van der Waals surface area contributed by atoms with Gasteiger partial charge >= 0.3 is 19.8 Å². The molecule has 2 unspecified atom stereocenters. The molecule has 0 aliphatic carbocycles. The molecule has 3 N–H and O–H groups in total. The third-order valence-corrected chi connectivity index (χ3v) is 14.1. The number of phosphoric acid groups is 1. The molecule has 0 heterocycles. The summed E-state index contributed by atoms with van der Waals surface area (Å²) in [4.78, 5) is 35.3.